The first-order valence-electron chi connectivity index (χ1n) is 13.1. The highest BCUT2D eigenvalue weighted by molar-refractivity contribution is 5.89. The number of hydrogen-bond donors (Lipinski definition) is 3. The minimum absolute atomic E-state index is 0.0858. The molecule has 0 unspecified atom stereocenters. The van der Waals surface area contributed by atoms with Crippen LogP contribution in [0.25, 0.3) is 11.1 Å². The number of fused-ring (bicyclic) bond motifs is 3. The quantitative estimate of drug-likeness (QED) is 0.359. The molecule has 0 fully saturated rings. The second-order valence-electron chi connectivity index (χ2n) is 11.3. The number of benzene rings is 2. The highest BCUT2D eigenvalue weighted by atomic mass is 16.5. The largest absolute Gasteiger partial charge is 0.480 e. The fourth-order valence-electron chi connectivity index (χ4n) is 4.88. The molecule has 1 heterocycles. The topological polar surface area (TPSA) is 123 Å². The molecule has 0 saturated carbocycles. The predicted molar refractivity (Wildman–Crippen MR) is 147 cm³/mol. The lowest BCUT2D eigenvalue weighted by atomic mass is 9.88. The molecule has 2 aromatic carbocycles. The number of nitrogens with zero attached hydrogens (tertiary/aromatic N) is 2. The summed E-state index contributed by atoms with van der Waals surface area (Å²) >= 11 is 0. The molecule has 0 aliphatic heterocycles. The third-order valence-electron chi connectivity index (χ3n) is 6.92. The number of aryl methyl sites for hydroxylation is 1. The first-order valence-corrected chi connectivity index (χ1v) is 13.1. The molecular formula is C30H36N4O5. The molecule has 0 spiro atoms. The molecule has 4 rings (SSSR count). The van der Waals surface area contributed by atoms with Crippen LogP contribution in [-0.4, -0.2) is 51.3 Å². The van der Waals surface area contributed by atoms with E-state index in [2.05, 4.69) is 27.8 Å². The van der Waals surface area contributed by atoms with Gasteiger partial charge in [-0.15, -0.1) is 0 Å². The minimum Gasteiger partial charge on any atom is -0.480 e. The molecule has 2 amide bonds. The van der Waals surface area contributed by atoms with Crippen LogP contribution in [0.1, 0.15) is 56.4 Å². The number of ether oxygens (including phenoxy) is 1. The number of imidazole rings is 1. The summed E-state index contributed by atoms with van der Waals surface area (Å²) in [6, 6.07) is 13.9. The number of rotatable bonds is 10. The van der Waals surface area contributed by atoms with Crippen molar-refractivity contribution in [1.82, 2.24) is 20.2 Å². The molecule has 206 valence electrons. The predicted octanol–water partition coefficient (Wildman–Crippen LogP) is 4.27. The summed E-state index contributed by atoms with van der Waals surface area (Å²) in [5.74, 6) is -1.85. The number of alkyl carbamates (subject to hydrolysis) is 1. The zero-order chi connectivity index (χ0) is 28.2. The molecule has 39 heavy (non-hydrogen) atoms. The number of carboxylic acids is 1. The van der Waals surface area contributed by atoms with Crippen molar-refractivity contribution in [2.75, 3.05) is 6.61 Å². The molecule has 9 heteroatoms. The maximum absolute atomic E-state index is 13.2. The van der Waals surface area contributed by atoms with E-state index in [0.29, 0.717) is 12.1 Å². The van der Waals surface area contributed by atoms with Gasteiger partial charge in [-0.2, -0.15) is 0 Å². The van der Waals surface area contributed by atoms with E-state index in [9.17, 15) is 19.5 Å². The molecule has 0 saturated heterocycles. The average Bonchev–Trinajstić information content (AvgIpc) is 3.44. The molecule has 0 bridgehead atoms. The first kappa shape index (κ1) is 27.9. The van der Waals surface area contributed by atoms with Gasteiger partial charge in [-0.25, -0.2) is 14.6 Å². The Morgan fingerprint density at radius 2 is 1.62 bits per heavy atom. The summed E-state index contributed by atoms with van der Waals surface area (Å²) in [6.45, 7) is 6.13. The lowest BCUT2D eigenvalue weighted by molar-refractivity contribution is -0.142. The van der Waals surface area contributed by atoms with E-state index in [1.54, 1.807) is 24.1 Å². The smallest absolute Gasteiger partial charge is 0.407 e. The summed E-state index contributed by atoms with van der Waals surface area (Å²) < 4.78 is 7.37. The molecular weight excluding hydrogens is 496 g/mol. The molecule has 3 N–H and O–H groups in total. The van der Waals surface area contributed by atoms with Gasteiger partial charge >= 0.3 is 12.1 Å². The van der Waals surface area contributed by atoms with Crippen LogP contribution in [0.2, 0.25) is 0 Å². The Bertz CT molecular complexity index is 1300. The van der Waals surface area contributed by atoms with E-state index < -0.39 is 30.1 Å². The van der Waals surface area contributed by atoms with Crippen LogP contribution in [0.15, 0.2) is 61.1 Å². The van der Waals surface area contributed by atoms with E-state index in [4.69, 9.17) is 4.74 Å². The van der Waals surface area contributed by atoms with Crippen molar-refractivity contribution >= 4 is 18.0 Å². The third-order valence-corrected chi connectivity index (χ3v) is 6.92. The van der Waals surface area contributed by atoms with Gasteiger partial charge in [0.25, 0.3) is 0 Å². The number of aromatic nitrogens is 2. The molecule has 1 aliphatic rings. The van der Waals surface area contributed by atoms with Gasteiger partial charge in [0.05, 0.1) is 12.0 Å². The SMILES string of the molecule is Cn1cnc(C[C@H](NC(=O)OCC2c3ccccc3-c3ccccc32)C(=O)N[C@@H](CCC(C)(C)C)C(=O)O)c1. The second kappa shape index (κ2) is 11.7. The van der Waals surface area contributed by atoms with Crippen LogP contribution >= 0.6 is 0 Å². The Labute approximate surface area is 228 Å². The Kier molecular flexibility index (Phi) is 8.38. The zero-order valence-corrected chi connectivity index (χ0v) is 22.8. The van der Waals surface area contributed by atoms with Crippen molar-refractivity contribution in [1.29, 1.82) is 0 Å². The highest BCUT2D eigenvalue weighted by Gasteiger charge is 2.31. The van der Waals surface area contributed by atoms with Gasteiger partial charge in [-0.1, -0.05) is 69.3 Å². The Morgan fingerprint density at radius 1 is 1.00 bits per heavy atom. The van der Waals surface area contributed by atoms with Gasteiger partial charge in [-0.3, -0.25) is 4.79 Å². The summed E-state index contributed by atoms with van der Waals surface area (Å²) in [5, 5.41) is 14.9. The van der Waals surface area contributed by atoms with Crippen LogP contribution in [0.4, 0.5) is 4.79 Å². The monoisotopic (exact) mass is 532 g/mol. The van der Waals surface area contributed by atoms with E-state index in [-0.39, 0.29) is 30.8 Å². The molecule has 3 aromatic rings. The zero-order valence-electron chi connectivity index (χ0n) is 22.8. The van der Waals surface area contributed by atoms with Gasteiger partial charge in [-0.05, 0) is 40.5 Å². The highest BCUT2D eigenvalue weighted by Crippen LogP contribution is 2.44. The summed E-state index contributed by atoms with van der Waals surface area (Å²) in [7, 11) is 1.80. The lowest BCUT2D eigenvalue weighted by Gasteiger charge is -2.24. The Balaban J connectivity index is 1.45. The van der Waals surface area contributed by atoms with Crippen molar-refractivity contribution < 1.29 is 24.2 Å². The third kappa shape index (κ3) is 7.04. The second-order valence-corrected chi connectivity index (χ2v) is 11.3. The minimum atomic E-state index is -1.12. The maximum Gasteiger partial charge on any atom is 0.407 e. The van der Waals surface area contributed by atoms with Gasteiger partial charge in [0.15, 0.2) is 0 Å². The molecule has 9 nitrogen and oxygen atoms in total. The number of amides is 2. The van der Waals surface area contributed by atoms with E-state index in [1.165, 1.54) is 0 Å². The molecule has 1 aliphatic carbocycles. The number of nitrogens with one attached hydrogen (secondary N) is 2. The lowest BCUT2D eigenvalue weighted by Crippen LogP contribution is -2.52. The van der Waals surface area contributed by atoms with Crippen molar-refractivity contribution in [3.63, 3.8) is 0 Å². The van der Waals surface area contributed by atoms with Crippen LogP contribution in [0.3, 0.4) is 0 Å². The maximum atomic E-state index is 13.2. The van der Waals surface area contributed by atoms with Crippen LogP contribution < -0.4 is 10.6 Å². The van der Waals surface area contributed by atoms with Gasteiger partial charge in [0.1, 0.15) is 18.7 Å². The van der Waals surface area contributed by atoms with Crippen molar-refractivity contribution in [3.05, 3.63) is 77.9 Å². The number of carboxylic acid groups (broad SMARTS) is 1. The summed E-state index contributed by atoms with van der Waals surface area (Å²) in [6.07, 6.45) is 3.55. The van der Waals surface area contributed by atoms with Gasteiger partial charge < -0.3 is 25.0 Å². The van der Waals surface area contributed by atoms with Crippen LogP contribution in [0.5, 0.6) is 0 Å². The first-order chi connectivity index (χ1) is 18.5. The van der Waals surface area contributed by atoms with Crippen molar-refractivity contribution in [3.8, 4) is 11.1 Å². The Morgan fingerprint density at radius 3 is 2.15 bits per heavy atom. The molecule has 2 atom stereocenters. The van der Waals surface area contributed by atoms with Crippen LogP contribution in [0, 0.1) is 5.41 Å². The fourth-order valence-corrected chi connectivity index (χ4v) is 4.88. The normalized spacial score (nSPS) is 14.2. The molecule has 1 aromatic heterocycles. The van der Waals surface area contributed by atoms with Gasteiger partial charge in [0, 0.05) is 25.6 Å². The Hall–Kier alpha value is -4.14. The van der Waals surface area contributed by atoms with Gasteiger partial charge in [0.2, 0.25) is 5.91 Å². The number of aliphatic carboxylic acids is 1. The number of hydrogen-bond acceptors (Lipinski definition) is 5. The number of carbonyl (C=O) groups excluding carboxylic acids is 2. The molecule has 0 radical (unpaired) electrons. The number of carbonyl (C=O) groups is 3. The summed E-state index contributed by atoms with van der Waals surface area (Å²) in [5.41, 5.74) is 4.88. The standard InChI is InChI=1S/C30H36N4O5/c1-30(2,3)14-13-25(28(36)37)32-27(35)26(15-19-16-34(4)18-31-19)33-29(38)39-17-24-22-11-7-5-9-20(22)21-10-6-8-12-23(21)24/h5-12,16,18,24-26H,13-15,17H2,1-4H3,(H,32,35)(H,33,38)(H,36,37)/t25-,26-/m0/s1. The summed E-state index contributed by atoms with van der Waals surface area (Å²) in [4.78, 5) is 42.3. The van der Waals surface area contributed by atoms with Crippen molar-refractivity contribution in [2.24, 2.45) is 12.5 Å². The average molecular weight is 533 g/mol. The fraction of sp³-hybridized carbons (Fsp3) is 0.400. The van der Waals surface area contributed by atoms with Crippen LogP contribution in [-0.2, 0) is 27.8 Å². The van der Waals surface area contributed by atoms with E-state index in [1.807, 2.05) is 57.2 Å². The van der Waals surface area contributed by atoms with Crippen molar-refractivity contribution in [2.45, 2.75) is 58.0 Å². The van der Waals surface area contributed by atoms with E-state index >= 15 is 0 Å². The van der Waals surface area contributed by atoms with E-state index in [0.717, 1.165) is 22.3 Å².